The summed E-state index contributed by atoms with van der Waals surface area (Å²) < 4.78 is 0. The van der Waals surface area contributed by atoms with E-state index in [0.717, 1.165) is 19.1 Å². The highest BCUT2D eigenvalue weighted by atomic mass is 32.1. The first-order valence-electron chi connectivity index (χ1n) is 4.37. The molecule has 1 aliphatic carbocycles. The van der Waals surface area contributed by atoms with Gasteiger partial charge in [0.1, 0.15) is 0 Å². The number of rotatable bonds is 5. The van der Waals surface area contributed by atoms with Gasteiger partial charge >= 0.3 is 0 Å². The first-order chi connectivity index (χ1) is 5.74. The van der Waals surface area contributed by atoms with Gasteiger partial charge in [0.25, 0.3) is 0 Å². The first-order valence-corrected chi connectivity index (χ1v) is 4.82. The van der Waals surface area contributed by atoms with Crippen molar-refractivity contribution in [2.75, 3.05) is 13.1 Å². The largest absolute Gasteiger partial charge is 0.297 e. The summed E-state index contributed by atoms with van der Waals surface area (Å²) in [6.45, 7) is 4.10. The first kappa shape index (κ1) is 9.81. The molecule has 1 saturated carbocycles. The van der Waals surface area contributed by atoms with Crippen LogP contribution < -0.4 is 0 Å². The molecule has 0 heterocycles. The Morgan fingerprint density at radius 3 is 2.75 bits per heavy atom. The Bertz CT molecular complexity index is 187. The van der Waals surface area contributed by atoms with E-state index in [9.17, 15) is 4.79 Å². The maximum Gasteiger partial charge on any atom is 0.208 e. The Labute approximate surface area is 79.0 Å². The smallest absolute Gasteiger partial charge is 0.208 e. The number of hydrogen-bond donors (Lipinski definition) is 1. The molecule has 2 nitrogen and oxygen atoms in total. The highest BCUT2D eigenvalue weighted by Crippen LogP contribution is 2.25. The van der Waals surface area contributed by atoms with Crippen LogP contribution in [0, 0.1) is 0 Å². The molecule has 0 aromatic heterocycles. The molecular formula is C9H15NOS. The van der Waals surface area contributed by atoms with Crippen LogP contribution in [0.5, 0.6) is 0 Å². The number of hydrogen-bond acceptors (Lipinski definition) is 2. The number of carbonyl (C=O) groups excluding carboxylic acids is 1. The molecule has 12 heavy (non-hydrogen) atoms. The van der Waals surface area contributed by atoms with Crippen molar-refractivity contribution in [3.05, 3.63) is 12.2 Å². The van der Waals surface area contributed by atoms with Gasteiger partial charge in [-0.25, -0.2) is 0 Å². The second-order valence-electron chi connectivity index (χ2n) is 3.06. The summed E-state index contributed by atoms with van der Waals surface area (Å²) in [5.74, 6) is 0. The Balaban J connectivity index is 2.22. The molecule has 0 aliphatic heterocycles. The zero-order chi connectivity index (χ0) is 8.97. The third kappa shape index (κ3) is 3.41. The summed E-state index contributed by atoms with van der Waals surface area (Å²) >= 11 is 3.65. The van der Waals surface area contributed by atoms with E-state index >= 15 is 0 Å². The fraction of sp³-hybridized carbons (Fsp3) is 0.667. The zero-order valence-corrected chi connectivity index (χ0v) is 8.26. The fourth-order valence-corrected chi connectivity index (χ4v) is 1.37. The highest BCUT2D eigenvalue weighted by Gasteiger charge is 2.26. The van der Waals surface area contributed by atoms with Crippen molar-refractivity contribution >= 4 is 17.7 Å². The van der Waals surface area contributed by atoms with Crippen LogP contribution in [-0.2, 0) is 4.79 Å². The van der Waals surface area contributed by atoms with Gasteiger partial charge < -0.3 is 0 Å². The number of carbonyl (C=O) groups is 1. The van der Waals surface area contributed by atoms with Crippen LogP contribution in [0.2, 0.25) is 0 Å². The predicted molar refractivity (Wildman–Crippen MR) is 53.4 cm³/mol. The van der Waals surface area contributed by atoms with Crippen molar-refractivity contribution in [1.29, 1.82) is 0 Å². The molecule has 1 rings (SSSR count). The monoisotopic (exact) mass is 185 g/mol. The Morgan fingerprint density at radius 1 is 1.67 bits per heavy atom. The molecule has 0 radical (unpaired) electrons. The van der Waals surface area contributed by atoms with E-state index in [1.54, 1.807) is 0 Å². The molecule has 3 heteroatoms. The third-order valence-electron chi connectivity index (χ3n) is 2.07. The van der Waals surface area contributed by atoms with E-state index in [0.29, 0.717) is 0 Å². The lowest BCUT2D eigenvalue weighted by molar-refractivity contribution is -0.106. The van der Waals surface area contributed by atoms with Gasteiger partial charge in [-0.05, 0) is 25.5 Å². The molecule has 0 atom stereocenters. The molecule has 68 valence electrons. The molecule has 0 unspecified atom stereocenters. The fourth-order valence-electron chi connectivity index (χ4n) is 1.26. The Morgan fingerprint density at radius 2 is 2.33 bits per heavy atom. The van der Waals surface area contributed by atoms with E-state index < -0.39 is 0 Å². The Kier molecular flexibility index (Phi) is 3.82. The third-order valence-corrected chi connectivity index (χ3v) is 2.22. The van der Waals surface area contributed by atoms with Gasteiger partial charge in [0, 0.05) is 12.6 Å². The van der Waals surface area contributed by atoms with Gasteiger partial charge in [0.05, 0.1) is 0 Å². The predicted octanol–water partition coefficient (Wildman–Crippen LogP) is 1.48. The molecule has 0 aromatic carbocycles. The van der Waals surface area contributed by atoms with E-state index in [1.165, 1.54) is 18.9 Å². The second kappa shape index (κ2) is 4.67. The molecule has 0 bridgehead atoms. The van der Waals surface area contributed by atoms with Crippen LogP contribution in [0.3, 0.4) is 0 Å². The van der Waals surface area contributed by atoms with Gasteiger partial charge in [0.2, 0.25) is 5.12 Å². The lowest BCUT2D eigenvalue weighted by atomic mass is 10.4. The maximum atomic E-state index is 10.5. The van der Waals surface area contributed by atoms with E-state index in [2.05, 4.69) is 24.5 Å². The topological polar surface area (TPSA) is 20.3 Å². The minimum absolute atomic E-state index is 0.165. The average molecular weight is 185 g/mol. The SMILES string of the molecule is CCN(C/C=C/C(=O)S)C1CC1. The van der Waals surface area contributed by atoms with E-state index in [4.69, 9.17) is 0 Å². The second-order valence-corrected chi connectivity index (χ2v) is 3.50. The minimum atomic E-state index is -0.165. The molecule has 0 spiro atoms. The van der Waals surface area contributed by atoms with Crippen LogP contribution in [0.15, 0.2) is 12.2 Å². The van der Waals surface area contributed by atoms with Crippen LogP contribution in [0.1, 0.15) is 19.8 Å². The summed E-state index contributed by atoms with van der Waals surface area (Å²) in [5, 5.41) is -0.165. The maximum absolute atomic E-state index is 10.5. The molecule has 0 N–H and O–H groups in total. The van der Waals surface area contributed by atoms with Crippen molar-refractivity contribution in [3.63, 3.8) is 0 Å². The van der Waals surface area contributed by atoms with Crippen LogP contribution in [0.4, 0.5) is 0 Å². The quantitative estimate of drug-likeness (QED) is 0.517. The lowest BCUT2D eigenvalue weighted by Crippen LogP contribution is -2.25. The Hall–Kier alpha value is -0.280. The zero-order valence-electron chi connectivity index (χ0n) is 7.36. The van der Waals surface area contributed by atoms with Crippen molar-refractivity contribution < 1.29 is 4.79 Å². The van der Waals surface area contributed by atoms with Gasteiger partial charge in [-0.15, -0.1) is 12.6 Å². The van der Waals surface area contributed by atoms with Crippen LogP contribution in [-0.4, -0.2) is 29.1 Å². The molecule has 1 aliphatic rings. The van der Waals surface area contributed by atoms with E-state index in [1.807, 2.05) is 6.08 Å². The molecule has 0 saturated heterocycles. The lowest BCUT2D eigenvalue weighted by Gasteiger charge is -2.16. The van der Waals surface area contributed by atoms with Crippen molar-refractivity contribution in [3.8, 4) is 0 Å². The summed E-state index contributed by atoms with van der Waals surface area (Å²) in [6.07, 6.45) is 6.04. The van der Waals surface area contributed by atoms with Gasteiger partial charge in [-0.3, -0.25) is 9.69 Å². The number of thiol groups is 1. The van der Waals surface area contributed by atoms with Crippen molar-refractivity contribution in [2.45, 2.75) is 25.8 Å². The average Bonchev–Trinajstić information content (AvgIpc) is 2.80. The molecule has 0 aromatic rings. The standard InChI is InChI=1S/C9H15NOS/c1-2-10(8-5-6-8)7-3-4-9(11)12/h3-4,8H,2,5-7H2,1H3,(H,11,12)/b4-3+. The van der Waals surface area contributed by atoms with Gasteiger partial charge in [-0.1, -0.05) is 13.0 Å². The van der Waals surface area contributed by atoms with Crippen LogP contribution in [0.25, 0.3) is 0 Å². The van der Waals surface area contributed by atoms with Crippen LogP contribution >= 0.6 is 12.6 Å². The molecule has 0 amide bonds. The summed E-state index contributed by atoms with van der Waals surface area (Å²) in [7, 11) is 0. The molecular weight excluding hydrogens is 170 g/mol. The highest BCUT2D eigenvalue weighted by molar-refractivity contribution is 7.97. The van der Waals surface area contributed by atoms with Gasteiger partial charge in [-0.2, -0.15) is 0 Å². The van der Waals surface area contributed by atoms with Crippen molar-refractivity contribution in [2.24, 2.45) is 0 Å². The summed E-state index contributed by atoms with van der Waals surface area (Å²) in [6, 6.07) is 0.773. The van der Waals surface area contributed by atoms with Crippen molar-refractivity contribution in [1.82, 2.24) is 4.90 Å². The molecule has 1 fully saturated rings. The number of likely N-dealkylation sites (N-methyl/N-ethyl adjacent to an activating group) is 1. The van der Waals surface area contributed by atoms with Gasteiger partial charge in [0.15, 0.2) is 0 Å². The minimum Gasteiger partial charge on any atom is -0.297 e. The summed E-state index contributed by atoms with van der Waals surface area (Å²) in [4.78, 5) is 12.8. The number of nitrogens with zero attached hydrogens (tertiary/aromatic N) is 1. The van der Waals surface area contributed by atoms with E-state index in [-0.39, 0.29) is 5.12 Å². The normalized spacial score (nSPS) is 17.6. The summed E-state index contributed by atoms with van der Waals surface area (Å²) in [5.41, 5.74) is 0.